The molecule has 0 aliphatic rings. The van der Waals surface area contributed by atoms with Crippen LogP contribution in [0.5, 0.6) is 5.75 Å². The van der Waals surface area contributed by atoms with Crippen molar-refractivity contribution in [1.82, 2.24) is 10.2 Å². The standard InChI is InChI=1S/C13H13FN2O/c1-8-7-15-16-13(9(8)2)10-5-4-6-11(17-3)12(10)14/h4-7H,1-3H3. The number of ether oxygens (including phenoxy) is 1. The Morgan fingerprint density at radius 3 is 2.71 bits per heavy atom. The van der Waals surface area contributed by atoms with Gasteiger partial charge in [0.15, 0.2) is 11.6 Å². The maximum atomic E-state index is 14.1. The van der Waals surface area contributed by atoms with E-state index in [1.165, 1.54) is 7.11 Å². The van der Waals surface area contributed by atoms with Gasteiger partial charge in [-0.1, -0.05) is 6.07 Å². The lowest BCUT2D eigenvalue weighted by molar-refractivity contribution is 0.387. The van der Waals surface area contributed by atoms with Crippen LogP contribution in [0.2, 0.25) is 0 Å². The molecular weight excluding hydrogens is 219 g/mol. The Morgan fingerprint density at radius 2 is 2.00 bits per heavy atom. The van der Waals surface area contributed by atoms with Gasteiger partial charge in [0.2, 0.25) is 0 Å². The first-order valence-corrected chi connectivity index (χ1v) is 5.27. The van der Waals surface area contributed by atoms with Crippen LogP contribution in [0.4, 0.5) is 4.39 Å². The van der Waals surface area contributed by atoms with Crippen LogP contribution in [-0.4, -0.2) is 17.3 Å². The number of nitrogens with zero attached hydrogens (tertiary/aromatic N) is 2. The van der Waals surface area contributed by atoms with Gasteiger partial charge in [0.05, 0.1) is 19.0 Å². The van der Waals surface area contributed by atoms with Crippen molar-refractivity contribution >= 4 is 0 Å². The number of methoxy groups -OCH3 is 1. The second-order valence-corrected chi connectivity index (χ2v) is 3.82. The summed E-state index contributed by atoms with van der Waals surface area (Å²) in [6, 6.07) is 4.99. The molecule has 0 N–H and O–H groups in total. The first-order valence-electron chi connectivity index (χ1n) is 5.27. The van der Waals surface area contributed by atoms with Crippen molar-refractivity contribution in [2.45, 2.75) is 13.8 Å². The van der Waals surface area contributed by atoms with Crippen LogP contribution < -0.4 is 4.74 Å². The molecule has 3 nitrogen and oxygen atoms in total. The third kappa shape index (κ3) is 1.98. The molecule has 0 bridgehead atoms. The van der Waals surface area contributed by atoms with Crippen LogP contribution in [0.1, 0.15) is 11.1 Å². The molecule has 17 heavy (non-hydrogen) atoms. The lowest BCUT2D eigenvalue weighted by atomic mass is 10.0. The van der Waals surface area contributed by atoms with Gasteiger partial charge in [0.25, 0.3) is 0 Å². The van der Waals surface area contributed by atoms with E-state index in [1.807, 2.05) is 13.8 Å². The first kappa shape index (κ1) is 11.5. The Balaban J connectivity index is 2.65. The fourth-order valence-corrected chi connectivity index (χ4v) is 1.64. The Hall–Kier alpha value is -1.97. The third-order valence-electron chi connectivity index (χ3n) is 2.79. The molecule has 2 rings (SSSR count). The zero-order chi connectivity index (χ0) is 12.4. The molecule has 0 saturated heterocycles. The number of rotatable bonds is 2. The summed E-state index contributed by atoms with van der Waals surface area (Å²) in [6.07, 6.45) is 1.66. The molecule has 1 heterocycles. The van der Waals surface area contributed by atoms with Gasteiger partial charge in [-0.05, 0) is 37.1 Å². The van der Waals surface area contributed by atoms with Crippen LogP contribution >= 0.6 is 0 Å². The maximum Gasteiger partial charge on any atom is 0.174 e. The summed E-state index contributed by atoms with van der Waals surface area (Å²) >= 11 is 0. The molecule has 0 saturated carbocycles. The average Bonchev–Trinajstić information content (AvgIpc) is 2.33. The minimum Gasteiger partial charge on any atom is -0.494 e. The predicted molar refractivity (Wildman–Crippen MR) is 63.5 cm³/mol. The monoisotopic (exact) mass is 232 g/mol. The van der Waals surface area contributed by atoms with Crippen LogP contribution in [0, 0.1) is 19.7 Å². The molecule has 0 aliphatic carbocycles. The third-order valence-corrected chi connectivity index (χ3v) is 2.79. The maximum absolute atomic E-state index is 14.1. The molecule has 0 fully saturated rings. The van der Waals surface area contributed by atoms with Gasteiger partial charge in [0.1, 0.15) is 0 Å². The quantitative estimate of drug-likeness (QED) is 0.798. The Kier molecular flexibility index (Phi) is 3.04. The lowest BCUT2D eigenvalue weighted by Crippen LogP contribution is -1.98. The zero-order valence-electron chi connectivity index (χ0n) is 9.99. The van der Waals surface area contributed by atoms with E-state index in [2.05, 4.69) is 10.2 Å². The number of aryl methyl sites for hydroxylation is 1. The van der Waals surface area contributed by atoms with Crippen molar-refractivity contribution in [3.8, 4) is 17.0 Å². The summed E-state index contributed by atoms with van der Waals surface area (Å²) in [6.45, 7) is 3.82. The summed E-state index contributed by atoms with van der Waals surface area (Å²) < 4.78 is 19.0. The fraction of sp³-hybridized carbons (Fsp3) is 0.231. The molecule has 1 aromatic heterocycles. The van der Waals surface area contributed by atoms with E-state index in [4.69, 9.17) is 4.74 Å². The number of hydrogen-bond acceptors (Lipinski definition) is 3. The van der Waals surface area contributed by atoms with Crippen molar-refractivity contribution in [3.63, 3.8) is 0 Å². The van der Waals surface area contributed by atoms with E-state index >= 15 is 0 Å². The Labute approximate surface area is 99.3 Å². The molecule has 1 aromatic carbocycles. The van der Waals surface area contributed by atoms with E-state index in [0.29, 0.717) is 11.3 Å². The minimum absolute atomic E-state index is 0.213. The molecule has 0 spiro atoms. The van der Waals surface area contributed by atoms with Gasteiger partial charge >= 0.3 is 0 Å². The van der Waals surface area contributed by atoms with Crippen molar-refractivity contribution in [2.75, 3.05) is 7.11 Å². The van der Waals surface area contributed by atoms with Gasteiger partial charge in [-0.25, -0.2) is 4.39 Å². The van der Waals surface area contributed by atoms with Gasteiger partial charge in [-0.3, -0.25) is 0 Å². The second-order valence-electron chi connectivity index (χ2n) is 3.82. The molecule has 0 atom stereocenters. The molecule has 88 valence electrons. The molecule has 4 heteroatoms. The van der Waals surface area contributed by atoms with Crippen molar-refractivity contribution in [3.05, 3.63) is 41.3 Å². The van der Waals surface area contributed by atoms with Gasteiger partial charge in [0, 0.05) is 5.56 Å². The molecule has 0 aliphatic heterocycles. The minimum atomic E-state index is -0.405. The van der Waals surface area contributed by atoms with E-state index in [-0.39, 0.29) is 5.75 Å². The van der Waals surface area contributed by atoms with Crippen LogP contribution in [-0.2, 0) is 0 Å². The molecule has 2 aromatic rings. The topological polar surface area (TPSA) is 35.0 Å². The van der Waals surface area contributed by atoms with Crippen LogP contribution in [0.25, 0.3) is 11.3 Å². The SMILES string of the molecule is COc1cccc(-c2nncc(C)c2C)c1F. The Bertz CT molecular complexity index is 555. The first-order chi connectivity index (χ1) is 8.15. The second kappa shape index (κ2) is 4.49. The predicted octanol–water partition coefficient (Wildman–Crippen LogP) is 2.91. The van der Waals surface area contributed by atoms with Crippen LogP contribution in [0.15, 0.2) is 24.4 Å². The number of benzene rings is 1. The number of halogens is 1. The van der Waals surface area contributed by atoms with Crippen molar-refractivity contribution in [2.24, 2.45) is 0 Å². The number of hydrogen-bond donors (Lipinski definition) is 0. The smallest absolute Gasteiger partial charge is 0.174 e. The summed E-state index contributed by atoms with van der Waals surface area (Å²) in [5.41, 5.74) is 2.88. The van der Waals surface area contributed by atoms with Gasteiger partial charge < -0.3 is 4.74 Å². The molecular formula is C13H13FN2O. The van der Waals surface area contributed by atoms with E-state index in [0.717, 1.165) is 11.1 Å². The highest BCUT2D eigenvalue weighted by Gasteiger charge is 2.14. The summed E-state index contributed by atoms with van der Waals surface area (Å²) in [7, 11) is 1.44. The highest BCUT2D eigenvalue weighted by Crippen LogP contribution is 2.29. The normalized spacial score (nSPS) is 10.4. The zero-order valence-corrected chi connectivity index (χ0v) is 9.99. The summed E-state index contributed by atoms with van der Waals surface area (Å²) in [5, 5.41) is 7.86. The van der Waals surface area contributed by atoms with Crippen molar-refractivity contribution < 1.29 is 9.13 Å². The van der Waals surface area contributed by atoms with E-state index in [1.54, 1.807) is 24.4 Å². The molecule has 0 radical (unpaired) electrons. The van der Waals surface area contributed by atoms with Gasteiger partial charge in [-0.2, -0.15) is 10.2 Å². The van der Waals surface area contributed by atoms with E-state index < -0.39 is 5.82 Å². The Morgan fingerprint density at radius 1 is 1.24 bits per heavy atom. The molecule has 0 unspecified atom stereocenters. The highest BCUT2D eigenvalue weighted by atomic mass is 19.1. The summed E-state index contributed by atoms with van der Waals surface area (Å²) in [5.74, 6) is -0.191. The largest absolute Gasteiger partial charge is 0.494 e. The fourth-order valence-electron chi connectivity index (χ4n) is 1.64. The summed E-state index contributed by atoms with van der Waals surface area (Å²) in [4.78, 5) is 0. The highest BCUT2D eigenvalue weighted by molar-refractivity contribution is 5.66. The molecule has 0 amide bonds. The average molecular weight is 232 g/mol. The lowest BCUT2D eigenvalue weighted by Gasteiger charge is -2.09. The van der Waals surface area contributed by atoms with E-state index in [9.17, 15) is 4.39 Å². The van der Waals surface area contributed by atoms with Crippen molar-refractivity contribution in [1.29, 1.82) is 0 Å². The van der Waals surface area contributed by atoms with Gasteiger partial charge in [-0.15, -0.1) is 0 Å². The van der Waals surface area contributed by atoms with Crippen LogP contribution in [0.3, 0.4) is 0 Å². The number of aromatic nitrogens is 2.